The van der Waals surface area contributed by atoms with Gasteiger partial charge in [0.25, 0.3) is 11.8 Å². The van der Waals surface area contributed by atoms with Gasteiger partial charge in [-0.2, -0.15) is 18.2 Å². The number of hydrogen-bond acceptors (Lipinski definition) is 21. The molecule has 764 valence electrons. The number of thiocarbonyl (C=S) groups is 3. The summed E-state index contributed by atoms with van der Waals surface area (Å²) in [6.07, 6.45) is -6.57. The number of nitrogens with zero attached hydrogens (tertiary/aromatic N) is 5. The highest BCUT2D eigenvalue weighted by molar-refractivity contribution is 7.80. The molecule has 0 spiro atoms. The van der Waals surface area contributed by atoms with E-state index < -0.39 is 36.0 Å². The first-order valence-corrected chi connectivity index (χ1v) is 43.6. The van der Waals surface area contributed by atoms with E-state index in [1.807, 2.05) is 90.3 Å². The molecule has 0 saturated heterocycles. The van der Waals surface area contributed by atoms with Crippen molar-refractivity contribution in [3.63, 3.8) is 0 Å². The van der Waals surface area contributed by atoms with E-state index in [2.05, 4.69) is 240 Å². The van der Waals surface area contributed by atoms with E-state index in [0.717, 1.165) is 120 Å². The van der Waals surface area contributed by atoms with Crippen LogP contribution in [0.4, 0.5) is 91.0 Å². The van der Waals surface area contributed by atoms with Crippen LogP contribution in [-0.4, -0.2) is 130 Å². The van der Waals surface area contributed by atoms with Crippen molar-refractivity contribution in [2.24, 2.45) is 10.7 Å². The fourth-order valence-electron chi connectivity index (χ4n) is 11.9. The van der Waals surface area contributed by atoms with Crippen molar-refractivity contribution in [1.29, 1.82) is 0 Å². The van der Waals surface area contributed by atoms with Crippen molar-refractivity contribution in [2.75, 3.05) is 130 Å². The Morgan fingerprint density at radius 3 is 0.933 bits per heavy atom. The number of amides is 2. The van der Waals surface area contributed by atoms with Crippen molar-refractivity contribution in [3.05, 3.63) is 211 Å². The predicted octanol–water partition coefficient (Wildman–Crippen LogP) is 28.5. The third-order valence-electron chi connectivity index (χ3n) is 18.5. The first-order chi connectivity index (χ1) is 59.2. The summed E-state index contributed by atoms with van der Waals surface area (Å²) in [6, 6.07) is 42.9. The highest BCUT2D eigenvalue weighted by Crippen LogP contribution is 2.32. The molecule has 8 aromatic rings. The van der Waals surface area contributed by atoms with Gasteiger partial charge in [0, 0.05) is 146 Å². The van der Waals surface area contributed by atoms with Crippen LogP contribution in [0, 0.1) is 83.1 Å². The maximum Gasteiger partial charge on any atom is 0.519 e. The summed E-state index contributed by atoms with van der Waals surface area (Å²) in [6.45, 7) is 64.5. The van der Waals surface area contributed by atoms with E-state index in [0.29, 0.717) is 21.4 Å². The third kappa shape index (κ3) is 57.1. The minimum Gasteiger partial charge on any atom is -0.428 e. The molecular weight excluding hydrogens is 1760 g/mol. The summed E-state index contributed by atoms with van der Waals surface area (Å²) in [5.74, 6) is -0.563. The number of anilines is 12. The van der Waals surface area contributed by atoms with E-state index in [9.17, 15) is 32.3 Å². The average molecular weight is 1940 g/mol. The summed E-state index contributed by atoms with van der Waals surface area (Å²) < 4.78 is 45.1. The van der Waals surface area contributed by atoms with Gasteiger partial charge in [-0.25, -0.2) is 9.59 Å². The van der Waals surface area contributed by atoms with Gasteiger partial charge in [-0.1, -0.05) is 152 Å². The molecule has 23 nitrogen and oxygen atoms in total. The maximum absolute atomic E-state index is 12.2. The maximum atomic E-state index is 12.2. The SMILES string of the molecule is C.C.C.C.C.C.C.C.CC(C)(C)OC(=O)OC(=O)OC(C)(C)C.CCC.CCN(CC)c1cc(N)c(C)cc1C.CCN(CC)c1cc(NC(=S)NC(=O)c2ccccc2)c(C)cc1C.CCN(CC)c1cc(NC(N)=S)c(C)cc1C.CCN(CC)c1cc(NC)c(C)cc1C.CNc1cc(N)c(C)cc1C.Cc1cc(C)c(N)cc1N.O=C(N=C=S)c1ccccc1.O=CC(F)(F)F. The van der Waals surface area contributed by atoms with Crippen LogP contribution in [0.1, 0.15) is 264 Å². The standard InChI is InChI=1S/C20H25N3OS.C13H21N3S.C13H22N2.C12H20N2.C10H18O5.C9H14N2.C8H12N2.C8H5NOS.C3H8.C2HF3O.8CH4/c1-5-23(6-2)18-13-17(14(3)12-15(18)4)21-20(25)22-19(24)16-10-8-7-9-11-16;1-5-16(6-2)12-8-11(15-13(14)17)9(3)7-10(12)4;1-6-15(7-2)13-9-12(14-5)10(3)8-11(13)4;1-5-14(6-2)12-8-11(13)9(3)7-10(12)4;1-9(2,3)14-7(11)13-8(12)15-10(4,5)6;1-6-4-7(2)9(11-3)5-8(6)10;1-5-3-6(2)8(10)4-7(5)9;10-8(9-6-11)7-4-2-1-3-5-7;1-3-2;3-2(4,5)1-6;;;;;;;;/h7-13H,5-6H2,1-4H3,(H2,21,22,24,25);7-8H,5-6H2,1-4H3,(H3,14,15,17);8-9,14H,6-7H2,1-5H3;7-8H,5-6,13H2,1-4H3;1-6H3;4-5,11H,10H2,1-3H3;3-4H,9-10H2,1-2H3;1-5H;3H2,1-2H3;1H;8*1H4. The quantitative estimate of drug-likeness (QED) is 0.00953. The fourth-order valence-corrected chi connectivity index (χ4v) is 12.3. The lowest BCUT2D eigenvalue weighted by molar-refractivity contribution is -0.156. The zero-order valence-electron chi connectivity index (χ0n) is 80.9. The highest BCUT2D eigenvalue weighted by atomic mass is 32.1. The van der Waals surface area contributed by atoms with E-state index in [1.165, 1.54) is 73.8 Å². The Hall–Kier alpha value is -11.5. The van der Waals surface area contributed by atoms with Crippen LogP contribution >= 0.6 is 36.7 Å². The minimum absolute atomic E-state index is 0. The lowest BCUT2D eigenvalue weighted by Crippen LogP contribution is -2.34. The summed E-state index contributed by atoms with van der Waals surface area (Å²) in [5.41, 5.74) is 55.1. The molecule has 0 heterocycles. The van der Waals surface area contributed by atoms with Gasteiger partial charge in [-0.3, -0.25) is 19.7 Å². The van der Waals surface area contributed by atoms with Crippen LogP contribution in [0.2, 0.25) is 0 Å². The number of benzene rings is 8. The van der Waals surface area contributed by atoms with Gasteiger partial charge in [0.15, 0.2) is 10.2 Å². The van der Waals surface area contributed by atoms with Gasteiger partial charge in [0.2, 0.25) is 6.29 Å². The van der Waals surface area contributed by atoms with E-state index >= 15 is 0 Å². The largest absolute Gasteiger partial charge is 0.519 e. The number of nitrogen functional groups attached to an aromatic ring is 4. The molecule has 2 amide bonds. The molecule has 15 N–H and O–H groups in total. The third-order valence-corrected chi connectivity index (χ3v) is 18.9. The number of carbonyl (C=O) groups excluding carboxylic acids is 5. The van der Waals surface area contributed by atoms with Gasteiger partial charge >= 0.3 is 18.5 Å². The Morgan fingerprint density at radius 2 is 0.652 bits per heavy atom. The van der Waals surface area contributed by atoms with Gasteiger partial charge < -0.3 is 83.7 Å². The topological polar surface area (TPSA) is 329 Å². The predicted molar refractivity (Wildman–Crippen MR) is 598 cm³/mol. The minimum atomic E-state index is -4.64. The zero-order valence-corrected chi connectivity index (χ0v) is 83.3. The summed E-state index contributed by atoms with van der Waals surface area (Å²) in [4.78, 5) is 66.5. The lowest BCUT2D eigenvalue weighted by atomic mass is 10.1. The average Bonchev–Trinajstić information content (AvgIpc) is 0.829. The molecule has 0 bridgehead atoms. The van der Waals surface area contributed by atoms with Crippen LogP contribution in [0.5, 0.6) is 0 Å². The number of aryl methyl sites for hydroxylation is 12. The molecule has 0 atom stereocenters. The first kappa shape index (κ1) is 144. The summed E-state index contributed by atoms with van der Waals surface area (Å²) in [7, 11) is 3.88. The molecule has 0 fully saturated rings. The molecule has 0 aliphatic heterocycles. The van der Waals surface area contributed by atoms with Crippen LogP contribution in [-0.2, 0) is 19.0 Å². The second kappa shape index (κ2) is 73.8. The van der Waals surface area contributed by atoms with E-state index in [1.54, 1.807) is 84.0 Å². The monoisotopic (exact) mass is 1940 g/mol. The Kier molecular flexibility index (Phi) is 78.7. The smallest absolute Gasteiger partial charge is 0.428 e. The number of rotatable bonds is 18. The van der Waals surface area contributed by atoms with Gasteiger partial charge in [-0.15, -0.1) is 0 Å². The lowest BCUT2D eigenvalue weighted by Gasteiger charge is -2.25. The Balaban J connectivity index is -0.000000164. The highest BCUT2D eigenvalue weighted by Gasteiger charge is 2.26. The number of hydrogen-bond donors (Lipinski definition) is 10. The van der Waals surface area contributed by atoms with Crippen molar-refractivity contribution in [2.45, 2.75) is 277 Å². The molecule has 0 radical (unpaired) electrons. The molecule has 0 saturated carbocycles. The number of carbonyl (C=O) groups is 5. The van der Waals surface area contributed by atoms with Crippen LogP contribution in [0.3, 0.4) is 0 Å². The number of halogens is 3. The molecule has 135 heavy (non-hydrogen) atoms. The molecule has 8 rings (SSSR count). The normalized spacial score (nSPS) is 9.52. The zero-order chi connectivity index (χ0) is 98.0. The van der Waals surface area contributed by atoms with Crippen molar-refractivity contribution < 1.29 is 51.4 Å². The first-order valence-electron chi connectivity index (χ1n) is 42.4. The van der Waals surface area contributed by atoms with Crippen molar-refractivity contribution >= 4 is 151 Å². The number of isothiocyanates is 1. The van der Waals surface area contributed by atoms with Gasteiger partial charge in [0.1, 0.15) is 11.2 Å². The Labute approximate surface area is 831 Å². The van der Waals surface area contributed by atoms with E-state index in [4.69, 9.17) is 67.4 Å². The molecule has 29 heteroatoms. The molecule has 0 unspecified atom stereocenters. The molecule has 0 aliphatic carbocycles. The molecular formula is C106H178F3N15O8S3. The fraction of sp³-hybridized carbons (Fsp3) is 0.472. The Bertz CT molecular complexity index is 4720. The van der Waals surface area contributed by atoms with Crippen molar-refractivity contribution in [1.82, 2.24) is 5.32 Å². The summed E-state index contributed by atoms with van der Waals surface area (Å²) in [5, 5.41) is 17.9. The van der Waals surface area contributed by atoms with Crippen LogP contribution in [0.25, 0.3) is 0 Å². The van der Waals surface area contributed by atoms with Gasteiger partial charge in [0.05, 0.1) is 5.16 Å². The molecule has 8 aromatic carbocycles. The number of nitrogens with two attached hydrogens (primary N) is 5. The number of aldehydes is 1. The second-order valence-corrected chi connectivity index (χ2v) is 32.2. The van der Waals surface area contributed by atoms with Crippen molar-refractivity contribution in [3.8, 4) is 0 Å². The number of aliphatic imine (C=N–C) groups is 1. The summed E-state index contributed by atoms with van der Waals surface area (Å²) >= 11 is 14.5. The van der Waals surface area contributed by atoms with E-state index in [-0.39, 0.29) is 71.2 Å². The van der Waals surface area contributed by atoms with Gasteiger partial charge in [-0.05, 0) is 344 Å². The second-order valence-electron chi connectivity index (χ2n) is 31.2. The molecule has 0 aliphatic rings. The van der Waals surface area contributed by atoms with Crippen LogP contribution < -0.4 is 74.9 Å². The number of ether oxygens (including phenoxy) is 3. The Morgan fingerprint density at radius 1 is 0.400 bits per heavy atom. The number of alkyl halides is 3. The number of nitrogens with one attached hydrogen (secondary N) is 5. The van der Waals surface area contributed by atoms with Crippen LogP contribution in [0.15, 0.2) is 138 Å². The molecule has 0 aromatic heterocycles.